The minimum Gasteiger partial charge on any atom is -0.494 e. The third kappa shape index (κ3) is 21.1. The van der Waals surface area contributed by atoms with Gasteiger partial charge < -0.3 is 41.7 Å². The molecule has 0 unspecified atom stereocenters. The van der Waals surface area contributed by atoms with E-state index in [0.717, 1.165) is 44.9 Å². The molecule has 1 aromatic rings. The molecule has 0 heterocycles. The monoisotopic (exact) mass is 691 g/mol. The van der Waals surface area contributed by atoms with Gasteiger partial charge in [-0.05, 0) is 69.2 Å². The summed E-state index contributed by atoms with van der Waals surface area (Å²) in [5.41, 5.74) is 5.65. The predicted octanol–water partition coefficient (Wildman–Crippen LogP) is 2.70. The Morgan fingerprint density at radius 2 is 1.16 bits per heavy atom. The largest absolute Gasteiger partial charge is 0.494 e. The first kappa shape index (κ1) is 42.5. The first-order chi connectivity index (χ1) is 23.4. The maximum atomic E-state index is 12.4. The Hall–Kier alpha value is -4.53. The molecule has 273 valence electrons. The van der Waals surface area contributed by atoms with E-state index in [2.05, 4.69) is 16.0 Å². The van der Waals surface area contributed by atoms with Crippen molar-refractivity contribution in [2.24, 2.45) is 5.73 Å². The van der Waals surface area contributed by atoms with Crippen LogP contribution in [0, 0.1) is 0 Å². The molecule has 49 heavy (non-hydrogen) atoms. The smallest absolute Gasteiger partial charge is 0.335 e. The SMILES string of the molecule is N[C@H]([C]=O)CCCCNC(=O)CC[C@H](NC(=O)CC[C@H](NC(=O)CCCCCCCCCCOc1ccc(C(=O)O)cc1)C(=O)O)C(=O)O. The number of nitrogens with one attached hydrogen (secondary N) is 3. The van der Waals surface area contributed by atoms with E-state index in [-0.39, 0.29) is 37.7 Å². The van der Waals surface area contributed by atoms with Gasteiger partial charge in [-0.2, -0.15) is 0 Å². The highest BCUT2D eigenvalue weighted by Gasteiger charge is 2.24. The number of carboxylic acid groups (broad SMARTS) is 3. The molecule has 0 aromatic heterocycles. The summed E-state index contributed by atoms with van der Waals surface area (Å²) in [5.74, 6) is -4.54. The molecule has 8 N–H and O–H groups in total. The summed E-state index contributed by atoms with van der Waals surface area (Å²) >= 11 is 0. The number of carbonyl (C=O) groups excluding carboxylic acids is 4. The zero-order chi connectivity index (χ0) is 36.4. The van der Waals surface area contributed by atoms with Gasteiger partial charge in [-0.3, -0.25) is 19.2 Å². The number of ether oxygens (including phenoxy) is 1. The van der Waals surface area contributed by atoms with Crippen LogP contribution in [0.2, 0.25) is 0 Å². The average Bonchev–Trinajstić information content (AvgIpc) is 3.06. The topological polar surface area (TPSA) is 252 Å². The summed E-state index contributed by atoms with van der Waals surface area (Å²) in [6, 6.07) is 2.97. The number of hydrogen-bond acceptors (Lipinski definition) is 9. The summed E-state index contributed by atoms with van der Waals surface area (Å²) in [4.78, 5) is 81.2. The number of carboxylic acids is 3. The Balaban J connectivity index is 2.18. The van der Waals surface area contributed by atoms with Crippen LogP contribution in [0.5, 0.6) is 5.75 Å². The Bertz CT molecular complexity index is 1190. The van der Waals surface area contributed by atoms with Crippen LogP contribution in [0.1, 0.15) is 113 Å². The van der Waals surface area contributed by atoms with E-state index in [1.807, 2.05) is 0 Å². The molecule has 0 spiro atoms. The number of aliphatic carboxylic acids is 2. The van der Waals surface area contributed by atoms with Crippen LogP contribution >= 0.6 is 0 Å². The summed E-state index contributed by atoms with van der Waals surface area (Å²) in [6.07, 6.45) is 9.88. The lowest BCUT2D eigenvalue weighted by molar-refractivity contribution is -0.143. The summed E-state index contributed by atoms with van der Waals surface area (Å²) in [6.45, 7) is 0.877. The van der Waals surface area contributed by atoms with Gasteiger partial charge in [0.05, 0.1) is 18.2 Å². The van der Waals surface area contributed by atoms with Crippen molar-refractivity contribution in [2.75, 3.05) is 13.2 Å². The van der Waals surface area contributed by atoms with E-state index in [4.69, 9.17) is 15.6 Å². The molecule has 0 fully saturated rings. The number of hydrogen-bond donors (Lipinski definition) is 7. The second-order valence-electron chi connectivity index (χ2n) is 11.8. The minimum absolute atomic E-state index is 0.148. The van der Waals surface area contributed by atoms with Crippen molar-refractivity contribution in [3.05, 3.63) is 29.8 Å². The molecule has 0 aliphatic rings. The molecule has 1 aromatic carbocycles. The van der Waals surface area contributed by atoms with Gasteiger partial charge in [0.25, 0.3) is 0 Å². The van der Waals surface area contributed by atoms with Crippen molar-refractivity contribution in [3.8, 4) is 5.75 Å². The van der Waals surface area contributed by atoms with Crippen LogP contribution < -0.4 is 26.4 Å². The number of amides is 3. The third-order valence-corrected chi connectivity index (χ3v) is 7.67. The highest BCUT2D eigenvalue weighted by Crippen LogP contribution is 2.14. The normalized spacial score (nSPS) is 12.6. The molecule has 0 bridgehead atoms. The van der Waals surface area contributed by atoms with Crippen molar-refractivity contribution in [1.82, 2.24) is 16.0 Å². The van der Waals surface area contributed by atoms with E-state index in [0.29, 0.717) is 44.6 Å². The third-order valence-electron chi connectivity index (χ3n) is 7.67. The van der Waals surface area contributed by atoms with Gasteiger partial charge in [0, 0.05) is 25.8 Å². The van der Waals surface area contributed by atoms with Gasteiger partial charge in [-0.1, -0.05) is 38.5 Å². The maximum Gasteiger partial charge on any atom is 0.335 e. The Morgan fingerprint density at radius 3 is 1.69 bits per heavy atom. The first-order valence-corrected chi connectivity index (χ1v) is 16.8. The van der Waals surface area contributed by atoms with E-state index in [1.54, 1.807) is 18.4 Å². The van der Waals surface area contributed by atoms with Crippen molar-refractivity contribution in [1.29, 1.82) is 0 Å². The van der Waals surface area contributed by atoms with Crippen LogP contribution in [0.25, 0.3) is 0 Å². The van der Waals surface area contributed by atoms with Crippen LogP contribution in [0.3, 0.4) is 0 Å². The molecule has 1 rings (SSSR count). The molecule has 15 nitrogen and oxygen atoms in total. The van der Waals surface area contributed by atoms with Gasteiger partial charge in [-0.15, -0.1) is 0 Å². The van der Waals surface area contributed by atoms with Crippen molar-refractivity contribution < 1.29 is 53.6 Å². The fourth-order valence-corrected chi connectivity index (χ4v) is 4.80. The number of rotatable bonds is 29. The fourth-order valence-electron chi connectivity index (χ4n) is 4.80. The molecule has 1 radical (unpaired) electrons. The predicted molar refractivity (Wildman–Crippen MR) is 179 cm³/mol. The number of aromatic carboxylic acids is 1. The lowest BCUT2D eigenvalue weighted by Gasteiger charge is -2.17. The molecular formula is C34H51N4O11. The van der Waals surface area contributed by atoms with E-state index >= 15 is 0 Å². The van der Waals surface area contributed by atoms with E-state index in [1.165, 1.54) is 12.1 Å². The lowest BCUT2D eigenvalue weighted by Crippen LogP contribution is -2.44. The van der Waals surface area contributed by atoms with Crippen LogP contribution in [0.4, 0.5) is 0 Å². The second-order valence-corrected chi connectivity index (χ2v) is 11.8. The Kier molecular flexibility index (Phi) is 22.1. The van der Waals surface area contributed by atoms with Crippen molar-refractivity contribution in [2.45, 2.75) is 121 Å². The lowest BCUT2D eigenvalue weighted by atomic mass is 10.1. The number of nitrogens with two attached hydrogens (primary N) is 1. The van der Waals surface area contributed by atoms with Crippen molar-refractivity contribution >= 4 is 41.9 Å². The van der Waals surface area contributed by atoms with Gasteiger partial charge in [-0.25, -0.2) is 14.4 Å². The van der Waals surface area contributed by atoms with Gasteiger partial charge in [0.1, 0.15) is 17.8 Å². The second kappa shape index (κ2) is 25.5. The molecule has 0 saturated carbocycles. The van der Waals surface area contributed by atoms with E-state index in [9.17, 15) is 43.8 Å². The molecular weight excluding hydrogens is 640 g/mol. The minimum atomic E-state index is -1.34. The Morgan fingerprint density at radius 1 is 0.653 bits per heavy atom. The number of unbranched alkanes of at least 4 members (excludes halogenated alkanes) is 8. The standard InChI is InChI=1S/C34H51N4O11/c35-25(23-39)11-8-9-21-36-29(40)19-17-27(33(45)46)38-31(42)20-18-28(34(47)48)37-30(41)12-7-5-3-1-2-4-6-10-22-49-26-15-13-24(14-16-26)32(43)44/h13-16,25,27-28H,1-12,17-22,35H2,(H,36,40)(H,37,41)(H,38,42)(H,43,44)(H,45,46)(H,47,48)/t25-,27-,28-/m0/s1. The fraction of sp³-hybridized carbons (Fsp3) is 0.618. The van der Waals surface area contributed by atoms with Gasteiger partial charge in [0.15, 0.2) is 0 Å². The quantitative estimate of drug-likeness (QED) is 0.0599. The molecule has 3 amide bonds. The number of carbonyl (C=O) groups is 6. The molecule has 3 atom stereocenters. The summed E-state index contributed by atoms with van der Waals surface area (Å²) in [5, 5.41) is 35.2. The van der Waals surface area contributed by atoms with Gasteiger partial charge in [0.2, 0.25) is 24.0 Å². The highest BCUT2D eigenvalue weighted by molar-refractivity contribution is 5.88. The summed E-state index contributed by atoms with van der Waals surface area (Å²) in [7, 11) is 0. The number of benzene rings is 1. The van der Waals surface area contributed by atoms with Gasteiger partial charge >= 0.3 is 17.9 Å². The molecule has 0 saturated heterocycles. The zero-order valence-corrected chi connectivity index (χ0v) is 28.0. The summed E-state index contributed by atoms with van der Waals surface area (Å²) < 4.78 is 5.62. The highest BCUT2D eigenvalue weighted by atomic mass is 16.5. The molecule has 15 heteroatoms. The van der Waals surface area contributed by atoms with Crippen LogP contribution in [-0.4, -0.2) is 88.5 Å². The average molecular weight is 692 g/mol. The first-order valence-electron chi connectivity index (χ1n) is 16.8. The molecule has 0 aliphatic heterocycles. The Labute approximate surface area is 286 Å². The van der Waals surface area contributed by atoms with E-state index < -0.39 is 53.8 Å². The maximum absolute atomic E-state index is 12.4. The van der Waals surface area contributed by atoms with Crippen LogP contribution in [0.15, 0.2) is 24.3 Å². The molecule has 0 aliphatic carbocycles. The van der Waals surface area contributed by atoms with Crippen LogP contribution in [-0.2, 0) is 28.8 Å². The van der Waals surface area contributed by atoms with Crippen molar-refractivity contribution in [3.63, 3.8) is 0 Å². The zero-order valence-electron chi connectivity index (χ0n) is 28.0.